The van der Waals surface area contributed by atoms with E-state index in [1.165, 1.54) is 17.4 Å². The molecule has 0 spiro atoms. The summed E-state index contributed by atoms with van der Waals surface area (Å²) in [5, 5.41) is 10.7. The van der Waals surface area contributed by atoms with Gasteiger partial charge >= 0.3 is 5.97 Å². The van der Waals surface area contributed by atoms with E-state index in [9.17, 15) is 14.7 Å². The first kappa shape index (κ1) is 20.0. The fourth-order valence-electron chi connectivity index (χ4n) is 3.71. The minimum atomic E-state index is -1.02. The van der Waals surface area contributed by atoms with Crippen LogP contribution < -0.4 is 5.43 Å². The van der Waals surface area contributed by atoms with Crippen LogP contribution in [0, 0.1) is 13.8 Å². The molecule has 1 N–H and O–H groups in total. The fraction of sp³-hybridized carbons (Fsp3) is 0.208. The lowest BCUT2D eigenvalue weighted by Crippen LogP contribution is -2.07. The van der Waals surface area contributed by atoms with Crippen LogP contribution >= 0.6 is 11.3 Å². The number of carboxylic acids is 1. The third-order valence-electron chi connectivity index (χ3n) is 5.09. The summed E-state index contributed by atoms with van der Waals surface area (Å²) in [6.07, 6.45) is 0.505. The number of benzene rings is 2. The van der Waals surface area contributed by atoms with Crippen molar-refractivity contribution in [1.29, 1.82) is 0 Å². The van der Waals surface area contributed by atoms with Crippen LogP contribution in [0.4, 0.5) is 0 Å². The van der Waals surface area contributed by atoms with Gasteiger partial charge in [0.15, 0.2) is 11.1 Å². The molecule has 0 aliphatic carbocycles. The molecule has 0 radical (unpaired) electrons. The summed E-state index contributed by atoms with van der Waals surface area (Å²) in [5.41, 5.74) is 3.25. The van der Waals surface area contributed by atoms with E-state index in [4.69, 9.17) is 4.42 Å². The lowest BCUT2D eigenvalue weighted by Gasteiger charge is -2.15. The van der Waals surface area contributed by atoms with Crippen molar-refractivity contribution in [2.24, 2.45) is 0 Å². The molecule has 0 aliphatic rings. The molecule has 0 fully saturated rings. The molecular formula is C24H21NO4S. The molecule has 4 aromatic rings. The molecule has 2 aromatic heterocycles. The SMILES string of the molecule is Cc1cc(C(C)Cc2sc(C)nc2C(=O)O)c2oc(-c3ccccc3)cc(=O)c2c1. The number of aromatic nitrogens is 1. The summed E-state index contributed by atoms with van der Waals surface area (Å²) in [6, 6.07) is 14.9. The number of rotatable bonds is 5. The van der Waals surface area contributed by atoms with Gasteiger partial charge in [0.05, 0.1) is 10.4 Å². The van der Waals surface area contributed by atoms with Crippen molar-refractivity contribution in [2.75, 3.05) is 0 Å². The number of hydrogen-bond donors (Lipinski definition) is 1. The first-order valence-corrected chi connectivity index (χ1v) is 10.5. The first-order chi connectivity index (χ1) is 14.3. The van der Waals surface area contributed by atoms with Gasteiger partial charge in [-0.1, -0.05) is 43.3 Å². The molecular weight excluding hydrogens is 398 g/mol. The Labute approximate surface area is 177 Å². The second kappa shape index (κ2) is 7.88. The Balaban J connectivity index is 1.84. The van der Waals surface area contributed by atoms with E-state index < -0.39 is 5.97 Å². The molecule has 152 valence electrons. The summed E-state index contributed by atoms with van der Waals surface area (Å²) in [4.78, 5) is 29.3. The van der Waals surface area contributed by atoms with E-state index in [1.54, 1.807) is 6.92 Å². The molecule has 4 rings (SSSR count). The monoisotopic (exact) mass is 419 g/mol. The number of thiazole rings is 1. The van der Waals surface area contributed by atoms with Gasteiger partial charge in [-0.3, -0.25) is 4.79 Å². The zero-order chi connectivity index (χ0) is 21.4. The van der Waals surface area contributed by atoms with Gasteiger partial charge < -0.3 is 9.52 Å². The van der Waals surface area contributed by atoms with Crippen molar-refractivity contribution in [2.45, 2.75) is 33.1 Å². The summed E-state index contributed by atoms with van der Waals surface area (Å²) >= 11 is 1.39. The Bertz CT molecular complexity index is 1300. The quantitative estimate of drug-likeness (QED) is 0.457. The van der Waals surface area contributed by atoms with Crippen LogP contribution in [0.1, 0.15) is 44.3 Å². The molecule has 6 heteroatoms. The number of aryl methyl sites for hydroxylation is 2. The average molecular weight is 420 g/mol. The van der Waals surface area contributed by atoms with Crippen LogP contribution in [-0.2, 0) is 6.42 Å². The smallest absolute Gasteiger partial charge is 0.355 e. The number of aromatic carboxylic acids is 1. The molecule has 0 saturated heterocycles. The van der Waals surface area contributed by atoms with Crippen molar-refractivity contribution >= 4 is 28.3 Å². The number of carbonyl (C=O) groups is 1. The topological polar surface area (TPSA) is 80.4 Å². The maximum absolute atomic E-state index is 12.9. The van der Waals surface area contributed by atoms with Gasteiger partial charge in [0.25, 0.3) is 0 Å². The summed E-state index contributed by atoms with van der Waals surface area (Å²) < 4.78 is 6.23. The maximum Gasteiger partial charge on any atom is 0.355 e. The molecule has 1 atom stereocenters. The minimum absolute atomic E-state index is 0.0560. The second-order valence-electron chi connectivity index (χ2n) is 7.49. The minimum Gasteiger partial charge on any atom is -0.476 e. The van der Waals surface area contributed by atoms with E-state index in [0.29, 0.717) is 23.2 Å². The average Bonchev–Trinajstić information content (AvgIpc) is 3.09. The largest absolute Gasteiger partial charge is 0.476 e. The van der Waals surface area contributed by atoms with Crippen molar-refractivity contribution in [3.63, 3.8) is 0 Å². The third-order valence-corrected chi connectivity index (χ3v) is 6.08. The van der Waals surface area contributed by atoms with E-state index in [2.05, 4.69) is 4.98 Å². The Kier molecular flexibility index (Phi) is 5.26. The molecule has 0 bridgehead atoms. The van der Waals surface area contributed by atoms with Crippen molar-refractivity contribution in [3.8, 4) is 11.3 Å². The van der Waals surface area contributed by atoms with Crippen LogP contribution in [0.5, 0.6) is 0 Å². The Morgan fingerprint density at radius 3 is 2.60 bits per heavy atom. The molecule has 0 aliphatic heterocycles. The van der Waals surface area contributed by atoms with Crippen molar-refractivity contribution in [1.82, 2.24) is 4.98 Å². The number of hydrogen-bond acceptors (Lipinski definition) is 5. The van der Waals surface area contributed by atoms with Crippen LogP contribution in [0.2, 0.25) is 0 Å². The Morgan fingerprint density at radius 1 is 1.17 bits per heavy atom. The van der Waals surface area contributed by atoms with Gasteiger partial charge in [-0.2, -0.15) is 0 Å². The second-order valence-corrected chi connectivity index (χ2v) is 8.77. The third kappa shape index (κ3) is 3.78. The molecule has 0 amide bonds. The van der Waals surface area contributed by atoms with Gasteiger partial charge in [-0.25, -0.2) is 9.78 Å². The lowest BCUT2D eigenvalue weighted by atomic mass is 9.93. The highest BCUT2D eigenvalue weighted by Gasteiger charge is 2.21. The summed E-state index contributed by atoms with van der Waals surface area (Å²) in [5.74, 6) is -0.557. The standard InChI is InChI=1S/C24H21NO4S/c1-13-9-17(14(2)11-21-22(24(27)28)25-15(3)30-21)23-18(10-13)19(26)12-20(29-23)16-7-5-4-6-8-16/h4-10,12,14H,11H2,1-3H3,(H,27,28). The number of fused-ring (bicyclic) bond motifs is 1. The molecule has 2 aromatic carbocycles. The molecule has 30 heavy (non-hydrogen) atoms. The van der Waals surface area contributed by atoms with Gasteiger partial charge in [0.1, 0.15) is 11.3 Å². The number of carboxylic acid groups (broad SMARTS) is 1. The summed E-state index contributed by atoms with van der Waals surface area (Å²) in [7, 11) is 0. The van der Waals surface area contributed by atoms with Gasteiger partial charge in [-0.15, -0.1) is 11.3 Å². The zero-order valence-corrected chi connectivity index (χ0v) is 17.7. The van der Waals surface area contributed by atoms with Crippen LogP contribution in [0.3, 0.4) is 0 Å². The highest BCUT2D eigenvalue weighted by atomic mass is 32.1. The zero-order valence-electron chi connectivity index (χ0n) is 16.9. The van der Waals surface area contributed by atoms with Crippen LogP contribution in [-0.4, -0.2) is 16.1 Å². The highest BCUT2D eigenvalue weighted by Crippen LogP contribution is 2.33. The normalized spacial score (nSPS) is 12.2. The van der Waals surface area contributed by atoms with Gasteiger partial charge in [-0.05, 0) is 43.4 Å². The predicted octanol–water partition coefficient (Wildman–Crippen LogP) is 5.58. The Hall–Kier alpha value is -3.25. The lowest BCUT2D eigenvalue weighted by molar-refractivity contribution is 0.0690. The molecule has 2 heterocycles. The molecule has 1 unspecified atom stereocenters. The van der Waals surface area contributed by atoms with Crippen LogP contribution in [0.25, 0.3) is 22.3 Å². The maximum atomic E-state index is 12.9. The predicted molar refractivity (Wildman–Crippen MR) is 119 cm³/mol. The highest BCUT2D eigenvalue weighted by molar-refractivity contribution is 7.11. The van der Waals surface area contributed by atoms with Gasteiger partial charge in [0.2, 0.25) is 0 Å². The van der Waals surface area contributed by atoms with E-state index in [-0.39, 0.29) is 17.0 Å². The van der Waals surface area contributed by atoms with E-state index in [1.807, 2.05) is 56.3 Å². The van der Waals surface area contributed by atoms with Gasteiger partial charge in [0, 0.05) is 16.5 Å². The Morgan fingerprint density at radius 2 is 1.90 bits per heavy atom. The van der Waals surface area contributed by atoms with Crippen molar-refractivity contribution < 1.29 is 14.3 Å². The summed E-state index contributed by atoms with van der Waals surface area (Å²) in [6.45, 7) is 5.77. The van der Waals surface area contributed by atoms with E-state index >= 15 is 0 Å². The van der Waals surface area contributed by atoms with Crippen LogP contribution in [0.15, 0.2) is 57.7 Å². The van der Waals surface area contributed by atoms with E-state index in [0.717, 1.165) is 26.6 Å². The first-order valence-electron chi connectivity index (χ1n) is 9.67. The fourth-order valence-corrected chi connectivity index (χ4v) is 4.76. The van der Waals surface area contributed by atoms with Crippen molar-refractivity contribution in [3.05, 3.63) is 85.5 Å². The molecule has 0 saturated carbocycles. The molecule has 5 nitrogen and oxygen atoms in total. The number of nitrogens with zero attached hydrogens (tertiary/aromatic N) is 1.